The van der Waals surface area contributed by atoms with E-state index >= 15 is 0 Å². The molecule has 3 rings (SSSR count). The Hall–Kier alpha value is -0.860. The zero-order valence-corrected chi connectivity index (χ0v) is 12.6. The lowest BCUT2D eigenvalue weighted by atomic mass is 9.97. The molecule has 0 radical (unpaired) electrons. The second kappa shape index (κ2) is 7.24. The number of nitrogens with zero attached hydrogens (tertiary/aromatic N) is 1. The summed E-state index contributed by atoms with van der Waals surface area (Å²) in [4.78, 5) is 2.72. The van der Waals surface area contributed by atoms with Gasteiger partial charge in [0.25, 0.3) is 0 Å². The molecule has 110 valence electrons. The fourth-order valence-corrected chi connectivity index (χ4v) is 3.34. The van der Waals surface area contributed by atoms with Gasteiger partial charge in [-0.05, 0) is 57.2 Å². The summed E-state index contributed by atoms with van der Waals surface area (Å²) in [6, 6.07) is 12.6. The van der Waals surface area contributed by atoms with Crippen LogP contribution < -0.4 is 5.32 Å². The lowest BCUT2D eigenvalue weighted by Crippen LogP contribution is -2.39. The molecule has 1 saturated carbocycles. The molecule has 1 saturated heterocycles. The fraction of sp³-hybridized carbons (Fsp3) is 0.667. The van der Waals surface area contributed by atoms with Crippen molar-refractivity contribution in [2.75, 3.05) is 13.1 Å². The van der Waals surface area contributed by atoms with Crippen LogP contribution >= 0.6 is 0 Å². The summed E-state index contributed by atoms with van der Waals surface area (Å²) >= 11 is 0. The Morgan fingerprint density at radius 1 is 1.05 bits per heavy atom. The zero-order chi connectivity index (χ0) is 13.6. The first-order chi connectivity index (χ1) is 9.92. The van der Waals surface area contributed by atoms with Crippen LogP contribution in [0.1, 0.15) is 50.5 Å². The molecule has 20 heavy (non-hydrogen) atoms. The predicted molar refractivity (Wildman–Crippen MR) is 84.7 cm³/mol. The Labute approximate surface area is 123 Å². The number of nitrogens with one attached hydrogen (secondary N) is 1. The quantitative estimate of drug-likeness (QED) is 0.763. The molecule has 1 N–H and O–H groups in total. The van der Waals surface area contributed by atoms with E-state index in [1.165, 1.54) is 63.6 Å². The van der Waals surface area contributed by atoms with E-state index in [2.05, 4.69) is 40.5 Å². The summed E-state index contributed by atoms with van der Waals surface area (Å²) in [5.74, 6) is 0. The first-order valence-corrected chi connectivity index (χ1v) is 8.43. The van der Waals surface area contributed by atoms with E-state index in [0.29, 0.717) is 0 Å². The van der Waals surface area contributed by atoms with Crippen molar-refractivity contribution in [2.24, 2.45) is 0 Å². The molecular weight excluding hydrogens is 244 g/mol. The third kappa shape index (κ3) is 4.32. The van der Waals surface area contributed by atoms with E-state index in [9.17, 15) is 0 Å². The number of hydrogen-bond acceptors (Lipinski definition) is 2. The Morgan fingerprint density at radius 2 is 1.90 bits per heavy atom. The summed E-state index contributed by atoms with van der Waals surface area (Å²) in [7, 11) is 0. The molecule has 2 nitrogen and oxygen atoms in total. The number of rotatable bonds is 7. The van der Waals surface area contributed by atoms with Crippen LogP contribution in [-0.4, -0.2) is 30.1 Å². The highest BCUT2D eigenvalue weighted by atomic mass is 15.2. The maximum absolute atomic E-state index is 3.64. The van der Waals surface area contributed by atoms with Gasteiger partial charge in [-0.25, -0.2) is 0 Å². The van der Waals surface area contributed by atoms with Crippen LogP contribution in [0.25, 0.3) is 0 Å². The molecule has 2 fully saturated rings. The largest absolute Gasteiger partial charge is 0.314 e. The van der Waals surface area contributed by atoms with Gasteiger partial charge in [-0.2, -0.15) is 0 Å². The molecule has 1 aromatic carbocycles. The zero-order valence-electron chi connectivity index (χ0n) is 12.6. The van der Waals surface area contributed by atoms with Crippen LogP contribution in [0.4, 0.5) is 0 Å². The van der Waals surface area contributed by atoms with Crippen molar-refractivity contribution in [3.05, 3.63) is 35.9 Å². The third-order valence-electron chi connectivity index (χ3n) is 4.70. The topological polar surface area (TPSA) is 15.3 Å². The molecule has 0 unspecified atom stereocenters. The van der Waals surface area contributed by atoms with Crippen molar-refractivity contribution in [3.8, 4) is 0 Å². The average Bonchev–Trinajstić information content (AvgIpc) is 3.30. The van der Waals surface area contributed by atoms with Crippen LogP contribution in [0.15, 0.2) is 30.3 Å². The minimum atomic E-state index is 0.810. The standard InChI is InChI=1S/C18H28N2/c1-2-7-16(8-3-1)15-20-14-5-4-9-18(20)10-6-13-19-17-11-12-17/h1-3,7-8,17-19H,4-6,9-15H2/t18-/m0/s1. The maximum Gasteiger partial charge on any atom is 0.0236 e. The van der Waals surface area contributed by atoms with Crippen LogP contribution in [0.2, 0.25) is 0 Å². The molecule has 0 aromatic heterocycles. The highest BCUT2D eigenvalue weighted by Crippen LogP contribution is 2.23. The number of benzene rings is 1. The highest BCUT2D eigenvalue weighted by molar-refractivity contribution is 5.14. The molecule has 1 atom stereocenters. The number of likely N-dealkylation sites (tertiary alicyclic amines) is 1. The van der Waals surface area contributed by atoms with Crippen molar-refractivity contribution in [1.82, 2.24) is 10.2 Å². The summed E-state index contributed by atoms with van der Waals surface area (Å²) in [6.45, 7) is 3.65. The van der Waals surface area contributed by atoms with E-state index in [4.69, 9.17) is 0 Å². The monoisotopic (exact) mass is 272 g/mol. The maximum atomic E-state index is 3.64. The van der Waals surface area contributed by atoms with Crippen molar-refractivity contribution in [1.29, 1.82) is 0 Å². The van der Waals surface area contributed by atoms with Crippen LogP contribution in [0.3, 0.4) is 0 Å². The Kier molecular flexibility index (Phi) is 5.10. The van der Waals surface area contributed by atoms with E-state index < -0.39 is 0 Å². The molecule has 0 spiro atoms. The van der Waals surface area contributed by atoms with Crippen molar-refractivity contribution >= 4 is 0 Å². The molecule has 1 heterocycles. The lowest BCUT2D eigenvalue weighted by molar-refractivity contribution is 0.130. The molecule has 2 aliphatic rings. The normalized spacial score (nSPS) is 23.9. The average molecular weight is 272 g/mol. The van der Waals surface area contributed by atoms with E-state index in [1.807, 2.05) is 0 Å². The molecule has 1 aliphatic carbocycles. The molecule has 1 aromatic rings. The van der Waals surface area contributed by atoms with E-state index in [0.717, 1.165) is 18.6 Å². The lowest BCUT2D eigenvalue weighted by Gasteiger charge is -2.36. The van der Waals surface area contributed by atoms with Gasteiger partial charge >= 0.3 is 0 Å². The second-order valence-electron chi connectivity index (χ2n) is 6.48. The Morgan fingerprint density at radius 3 is 2.70 bits per heavy atom. The van der Waals surface area contributed by atoms with Gasteiger partial charge in [0.2, 0.25) is 0 Å². The van der Waals surface area contributed by atoms with E-state index in [-0.39, 0.29) is 0 Å². The van der Waals surface area contributed by atoms with Crippen LogP contribution in [0, 0.1) is 0 Å². The fourth-order valence-electron chi connectivity index (χ4n) is 3.34. The van der Waals surface area contributed by atoms with Gasteiger partial charge in [0.05, 0.1) is 0 Å². The van der Waals surface area contributed by atoms with Gasteiger partial charge in [0.15, 0.2) is 0 Å². The smallest absolute Gasteiger partial charge is 0.0236 e. The van der Waals surface area contributed by atoms with Gasteiger partial charge in [0.1, 0.15) is 0 Å². The van der Waals surface area contributed by atoms with Gasteiger partial charge in [0, 0.05) is 18.6 Å². The second-order valence-corrected chi connectivity index (χ2v) is 6.48. The summed E-state index contributed by atoms with van der Waals surface area (Å²) in [5.41, 5.74) is 1.47. The molecule has 2 heteroatoms. The third-order valence-corrected chi connectivity index (χ3v) is 4.70. The summed E-state index contributed by atoms with van der Waals surface area (Å²) in [5, 5.41) is 3.64. The Bertz CT molecular complexity index is 386. The van der Waals surface area contributed by atoms with Crippen molar-refractivity contribution in [3.63, 3.8) is 0 Å². The molecule has 0 bridgehead atoms. The van der Waals surface area contributed by atoms with Gasteiger partial charge in [-0.1, -0.05) is 36.8 Å². The SMILES string of the molecule is c1ccc(CN2CCCC[C@H]2CCCNC2CC2)cc1. The first kappa shape index (κ1) is 14.1. The minimum Gasteiger partial charge on any atom is -0.314 e. The minimum absolute atomic E-state index is 0.810. The molecule has 0 amide bonds. The Balaban J connectivity index is 1.45. The van der Waals surface area contributed by atoms with Crippen molar-refractivity contribution < 1.29 is 0 Å². The first-order valence-electron chi connectivity index (χ1n) is 8.43. The van der Waals surface area contributed by atoms with Gasteiger partial charge in [-0.15, -0.1) is 0 Å². The van der Waals surface area contributed by atoms with Crippen LogP contribution in [-0.2, 0) is 6.54 Å². The van der Waals surface area contributed by atoms with E-state index in [1.54, 1.807) is 0 Å². The van der Waals surface area contributed by atoms with Gasteiger partial charge < -0.3 is 5.32 Å². The molecular formula is C18H28N2. The predicted octanol–water partition coefficient (Wildman–Crippen LogP) is 3.57. The van der Waals surface area contributed by atoms with Gasteiger partial charge in [-0.3, -0.25) is 4.90 Å². The summed E-state index contributed by atoms with van der Waals surface area (Å²) < 4.78 is 0. The number of hydrogen-bond donors (Lipinski definition) is 1. The molecule has 1 aliphatic heterocycles. The number of piperidine rings is 1. The highest BCUT2D eigenvalue weighted by Gasteiger charge is 2.23. The van der Waals surface area contributed by atoms with Crippen LogP contribution in [0.5, 0.6) is 0 Å². The summed E-state index contributed by atoms with van der Waals surface area (Å²) in [6.07, 6.45) is 9.72. The van der Waals surface area contributed by atoms with Crippen molar-refractivity contribution in [2.45, 2.75) is 63.6 Å².